The Morgan fingerprint density at radius 2 is 1.82 bits per heavy atom. The maximum atomic E-state index is 13.5. The molecule has 0 atom stereocenters. The van der Waals surface area contributed by atoms with Crippen LogP contribution in [0.5, 0.6) is 0 Å². The number of sulfonamides is 1. The zero-order valence-corrected chi connectivity index (χ0v) is 22.6. The van der Waals surface area contributed by atoms with E-state index in [0.29, 0.717) is 30.4 Å². The number of aliphatic hydroxyl groups is 1. The molecular weight excluding hydrogens is 551 g/mol. The van der Waals surface area contributed by atoms with Crippen molar-refractivity contribution >= 4 is 39.7 Å². The molecule has 216 valence electrons. The van der Waals surface area contributed by atoms with E-state index >= 15 is 0 Å². The van der Waals surface area contributed by atoms with Gasteiger partial charge in [-0.2, -0.15) is 18.2 Å². The smallest absolute Gasteiger partial charge is 0.388 e. The van der Waals surface area contributed by atoms with Crippen LogP contribution in [0.15, 0.2) is 54.9 Å². The van der Waals surface area contributed by atoms with Crippen LogP contribution in [0, 0.1) is 0 Å². The van der Waals surface area contributed by atoms with Gasteiger partial charge in [0, 0.05) is 43.8 Å². The minimum atomic E-state index is -4.69. The van der Waals surface area contributed by atoms with Gasteiger partial charge >= 0.3 is 6.18 Å². The molecule has 1 fully saturated rings. The molecule has 0 saturated heterocycles. The summed E-state index contributed by atoms with van der Waals surface area (Å²) in [5.74, 6) is -0.373. The summed E-state index contributed by atoms with van der Waals surface area (Å²) in [6, 6.07) is 11.9. The molecule has 1 aliphatic rings. The fraction of sp³-hybridized carbons (Fsp3) is 0.360. The van der Waals surface area contributed by atoms with Gasteiger partial charge < -0.3 is 21.1 Å². The van der Waals surface area contributed by atoms with Crippen molar-refractivity contribution in [1.29, 1.82) is 0 Å². The highest BCUT2D eigenvalue weighted by Gasteiger charge is 2.35. The second-order valence-corrected chi connectivity index (χ2v) is 11.1. The molecule has 0 radical (unpaired) electrons. The lowest BCUT2D eigenvalue weighted by molar-refractivity contribution is -0.137. The number of carbonyl (C=O) groups excluding carboxylic acids is 1. The molecule has 1 aromatic carbocycles. The Kier molecular flexibility index (Phi) is 9.87. The monoisotopic (exact) mass is 581 g/mol. The van der Waals surface area contributed by atoms with Crippen molar-refractivity contribution in [2.45, 2.75) is 37.6 Å². The minimum Gasteiger partial charge on any atom is -0.388 e. The first-order valence-corrected chi connectivity index (χ1v) is 13.9. The molecule has 3 aromatic rings. The molecule has 40 heavy (non-hydrogen) atoms. The van der Waals surface area contributed by atoms with Crippen LogP contribution >= 0.6 is 0 Å². The number of anilines is 4. The first kappa shape index (κ1) is 30.6. The van der Waals surface area contributed by atoms with Gasteiger partial charge in [0.1, 0.15) is 17.2 Å². The molecule has 2 heterocycles. The van der Waals surface area contributed by atoms with Crippen molar-refractivity contribution in [2.75, 3.05) is 34.8 Å². The Morgan fingerprint density at radius 1 is 1.12 bits per heavy atom. The van der Waals surface area contributed by atoms with E-state index in [-0.39, 0.29) is 18.3 Å². The van der Waals surface area contributed by atoms with Gasteiger partial charge in [-0.15, -0.1) is 0 Å². The Hall–Kier alpha value is -3.98. The minimum absolute atomic E-state index is 0.0265. The largest absolute Gasteiger partial charge is 0.421 e. The number of benzene rings is 1. The van der Waals surface area contributed by atoms with E-state index in [1.54, 1.807) is 42.5 Å². The highest BCUT2D eigenvalue weighted by Crippen LogP contribution is 2.34. The topological polar surface area (TPSA) is 149 Å². The highest BCUT2D eigenvalue weighted by molar-refractivity contribution is 7.92. The van der Waals surface area contributed by atoms with Crippen LogP contribution in [0.25, 0.3) is 0 Å². The SMILES string of the molecule is CN(c1ncccc1CNc1nc(Nc2ccccc2)ncc1C(F)(F)F)S(C)(=O)=O.O=CNCC1(O)CCC1. The zero-order valence-electron chi connectivity index (χ0n) is 21.8. The average Bonchev–Trinajstić information content (AvgIpc) is 2.89. The van der Waals surface area contributed by atoms with E-state index in [9.17, 15) is 31.5 Å². The van der Waals surface area contributed by atoms with Gasteiger partial charge in [-0.05, 0) is 37.5 Å². The molecule has 1 amide bonds. The molecule has 1 saturated carbocycles. The second kappa shape index (κ2) is 12.9. The van der Waals surface area contributed by atoms with Crippen LogP contribution in [0.1, 0.15) is 30.4 Å². The first-order chi connectivity index (χ1) is 18.8. The summed E-state index contributed by atoms with van der Waals surface area (Å²) < 4.78 is 65.0. The lowest BCUT2D eigenvalue weighted by atomic mass is 9.80. The molecule has 0 unspecified atom stereocenters. The number of alkyl halides is 3. The van der Waals surface area contributed by atoms with Gasteiger partial charge in [0.2, 0.25) is 22.4 Å². The van der Waals surface area contributed by atoms with Gasteiger partial charge in [-0.25, -0.2) is 18.4 Å². The number of carbonyl (C=O) groups is 1. The van der Waals surface area contributed by atoms with E-state index < -0.39 is 33.2 Å². The predicted octanol–water partition coefficient (Wildman–Crippen LogP) is 3.29. The summed E-state index contributed by atoms with van der Waals surface area (Å²) in [5, 5.41) is 17.3. The molecular formula is C25H30F3N7O4S. The number of amides is 1. The molecule has 2 aromatic heterocycles. The van der Waals surface area contributed by atoms with Gasteiger partial charge in [-0.3, -0.25) is 9.10 Å². The Morgan fingerprint density at radius 3 is 2.40 bits per heavy atom. The van der Waals surface area contributed by atoms with Crippen molar-refractivity contribution in [3.05, 3.63) is 66.0 Å². The standard InChI is InChI=1S/C19H19F3N6O2S.C6H11NO2/c1-28(31(2,29)30)17-13(7-6-10-23-17)11-24-16-15(19(20,21)22)12-25-18(27-16)26-14-8-4-3-5-9-14;8-5-7-4-6(9)2-1-3-6/h3-10,12H,11H2,1-2H3,(H2,24,25,26,27);5,9H,1-4H2,(H,7,8). The molecule has 1 aliphatic carbocycles. The molecule has 4 N–H and O–H groups in total. The lowest BCUT2D eigenvalue weighted by Gasteiger charge is -2.35. The summed E-state index contributed by atoms with van der Waals surface area (Å²) in [5.41, 5.74) is -0.633. The van der Waals surface area contributed by atoms with Crippen LogP contribution in [0.3, 0.4) is 0 Å². The van der Waals surface area contributed by atoms with Crippen LogP contribution < -0.4 is 20.3 Å². The number of rotatable bonds is 10. The molecule has 11 nitrogen and oxygen atoms in total. The lowest BCUT2D eigenvalue weighted by Crippen LogP contribution is -2.45. The Labute approximate surface area is 229 Å². The number of hydrogen-bond donors (Lipinski definition) is 4. The van der Waals surface area contributed by atoms with Crippen LogP contribution in [-0.4, -0.2) is 60.3 Å². The maximum absolute atomic E-state index is 13.5. The third-order valence-corrected chi connectivity index (χ3v) is 7.20. The maximum Gasteiger partial charge on any atom is 0.421 e. The number of nitrogens with one attached hydrogen (secondary N) is 3. The summed E-state index contributed by atoms with van der Waals surface area (Å²) in [7, 11) is -2.29. The van der Waals surface area contributed by atoms with E-state index in [0.717, 1.165) is 29.8 Å². The van der Waals surface area contributed by atoms with Crippen molar-refractivity contribution in [2.24, 2.45) is 0 Å². The summed E-state index contributed by atoms with van der Waals surface area (Å²) in [6.07, 6.45) is 1.76. The van der Waals surface area contributed by atoms with Gasteiger partial charge in [0.25, 0.3) is 0 Å². The second-order valence-electron chi connectivity index (χ2n) is 9.09. The van der Waals surface area contributed by atoms with Crippen molar-refractivity contribution < 1.29 is 31.5 Å². The van der Waals surface area contributed by atoms with Crippen molar-refractivity contribution in [3.63, 3.8) is 0 Å². The quantitative estimate of drug-likeness (QED) is 0.265. The highest BCUT2D eigenvalue weighted by atomic mass is 32.2. The average molecular weight is 582 g/mol. The van der Waals surface area contributed by atoms with Crippen molar-refractivity contribution in [1.82, 2.24) is 20.3 Å². The van der Waals surface area contributed by atoms with Gasteiger partial charge in [0.15, 0.2) is 0 Å². The molecule has 0 bridgehead atoms. The molecule has 0 aliphatic heterocycles. The Balaban J connectivity index is 0.000000415. The van der Waals surface area contributed by atoms with Crippen LogP contribution in [-0.2, 0) is 27.5 Å². The number of halogens is 3. The van der Waals surface area contributed by atoms with E-state index in [4.69, 9.17) is 0 Å². The third-order valence-electron chi connectivity index (χ3n) is 6.03. The number of para-hydroxylation sites is 1. The van der Waals surface area contributed by atoms with Crippen molar-refractivity contribution in [3.8, 4) is 0 Å². The number of pyridine rings is 1. The predicted molar refractivity (Wildman–Crippen MR) is 144 cm³/mol. The van der Waals surface area contributed by atoms with Crippen LogP contribution in [0.4, 0.5) is 36.4 Å². The molecule has 0 spiro atoms. The molecule has 4 rings (SSSR count). The molecule has 15 heteroatoms. The number of hydrogen-bond acceptors (Lipinski definition) is 9. The van der Waals surface area contributed by atoms with Gasteiger partial charge in [0.05, 0.1) is 11.9 Å². The Bertz CT molecular complexity index is 1390. The fourth-order valence-electron chi connectivity index (χ4n) is 3.62. The van der Waals surface area contributed by atoms with Crippen LogP contribution in [0.2, 0.25) is 0 Å². The summed E-state index contributed by atoms with van der Waals surface area (Å²) in [6.45, 7) is 0.268. The normalized spacial score (nSPS) is 14.2. The van der Waals surface area contributed by atoms with E-state index in [2.05, 4.69) is 30.9 Å². The zero-order chi connectivity index (χ0) is 29.4. The number of nitrogens with zero attached hydrogens (tertiary/aromatic N) is 4. The summed E-state index contributed by atoms with van der Waals surface area (Å²) >= 11 is 0. The van der Waals surface area contributed by atoms with E-state index in [1.165, 1.54) is 13.2 Å². The number of aromatic nitrogens is 3. The van der Waals surface area contributed by atoms with E-state index in [1.807, 2.05) is 0 Å². The fourth-order valence-corrected chi connectivity index (χ4v) is 4.09. The summed E-state index contributed by atoms with van der Waals surface area (Å²) in [4.78, 5) is 21.5. The third kappa shape index (κ3) is 8.51. The first-order valence-electron chi connectivity index (χ1n) is 12.1. The van der Waals surface area contributed by atoms with Gasteiger partial charge in [-0.1, -0.05) is 24.3 Å².